The summed E-state index contributed by atoms with van der Waals surface area (Å²) < 4.78 is 0. The largest absolute Gasteiger partial charge is 0.387 e. The molecule has 0 unspecified atom stereocenters. The normalized spacial score (nSPS) is 10.9. The lowest BCUT2D eigenvalue weighted by Gasteiger charge is -2.10. The Morgan fingerprint density at radius 3 is 1.25 bits per heavy atom. The molecule has 0 aliphatic carbocycles. The zero-order valence-corrected chi connectivity index (χ0v) is 18.2. The summed E-state index contributed by atoms with van der Waals surface area (Å²) in [6, 6.07) is 38.3. The fourth-order valence-corrected chi connectivity index (χ4v) is 4.61. The lowest BCUT2D eigenvalue weighted by Crippen LogP contribution is -1.98. The van der Waals surface area contributed by atoms with Gasteiger partial charge in [-0.2, -0.15) is 0 Å². The number of hydrogen-bond donors (Lipinski definition) is 2. The summed E-state index contributed by atoms with van der Waals surface area (Å²) in [6.07, 6.45) is 0. The van der Waals surface area contributed by atoms with Crippen molar-refractivity contribution in [1.82, 2.24) is 0 Å². The van der Waals surface area contributed by atoms with Gasteiger partial charge in [0.25, 0.3) is 0 Å². The molecule has 6 aromatic carbocycles. The molecule has 0 spiro atoms. The summed E-state index contributed by atoms with van der Waals surface area (Å²) in [5, 5.41) is 13.5. The predicted octanol–water partition coefficient (Wildman–Crippen LogP) is 7.49. The van der Waals surface area contributed by atoms with E-state index in [-0.39, 0.29) is 0 Å². The molecule has 6 aromatic rings. The summed E-state index contributed by atoms with van der Waals surface area (Å²) in [6.45, 7) is 0.585. The third-order valence-corrected chi connectivity index (χ3v) is 6.11. The Labute approximate surface area is 188 Å². The Morgan fingerprint density at radius 2 is 0.875 bits per heavy atom. The maximum atomic E-state index is 5.88. The van der Waals surface area contributed by atoms with Crippen molar-refractivity contribution in [3.05, 3.63) is 115 Å². The zero-order chi connectivity index (χ0) is 21.9. The number of fused-ring (bicyclic) bond motifs is 4. The van der Waals surface area contributed by atoms with Gasteiger partial charge in [0, 0.05) is 30.1 Å². The Balaban J connectivity index is 0.000000135. The quantitative estimate of drug-likeness (QED) is 0.288. The van der Waals surface area contributed by atoms with Crippen LogP contribution in [0.5, 0.6) is 0 Å². The highest BCUT2D eigenvalue weighted by atomic mass is 14.8. The molecule has 2 nitrogen and oxygen atoms in total. The van der Waals surface area contributed by atoms with Crippen molar-refractivity contribution in [1.29, 1.82) is 0 Å². The molecule has 0 bridgehead atoms. The van der Waals surface area contributed by atoms with Gasteiger partial charge < -0.3 is 11.1 Å². The molecule has 32 heavy (non-hydrogen) atoms. The third kappa shape index (κ3) is 3.55. The second-order valence-electron chi connectivity index (χ2n) is 7.95. The van der Waals surface area contributed by atoms with E-state index in [0.717, 1.165) is 0 Å². The molecule has 0 aromatic heterocycles. The van der Waals surface area contributed by atoms with Crippen molar-refractivity contribution < 1.29 is 0 Å². The summed E-state index contributed by atoms with van der Waals surface area (Å²) in [5.41, 5.74) is 8.34. The standard InChI is InChI=1S/2C15H13N/c1-16-15-13-8-4-2-6-11(13)10-12-7-3-5-9-14(12)15;16-10-15-13-7-3-1-5-11(13)9-12-6-2-4-8-14(12)15/h2-10,16H,1H3;1-9H,10,16H2. The van der Waals surface area contributed by atoms with Crippen LogP contribution in [0.15, 0.2) is 109 Å². The first kappa shape index (κ1) is 20.0. The van der Waals surface area contributed by atoms with Crippen molar-refractivity contribution in [2.75, 3.05) is 12.4 Å². The number of anilines is 1. The molecule has 3 N–H and O–H groups in total. The monoisotopic (exact) mass is 414 g/mol. The Kier molecular flexibility index (Phi) is 5.45. The van der Waals surface area contributed by atoms with Crippen molar-refractivity contribution in [3.63, 3.8) is 0 Å². The molecular weight excluding hydrogens is 388 g/mol. The van der Waals surface area contributed by atoms with E-state index in [0.29, 0.717) is 6.54 Å². The van der Waals surface area contributed by atoms with Gasteiger partial charge in [-0.05, 0) is 50.0 Å². The third-order valence-electron chi connectivity index (χ3n) is 6.11. The van der Waals surface area contributed by atoms with Crippen LogP contribution in [0.1, 0.15) is 5.56 Å². The fraction of sp³-hybridized carbons (Fsp3) is 0.0667. The predicted molar refractivity (Wildman–Crippen MR) is 140 cm³/mol. The van der Waals surface area contributed by atoms with E-state index in [4.69, 9.17) is 5.73 Å². The average Bonchev–Trinajstić information content (AvgIpc) is 2.86. The first-order chi connectivity index (χ1) is 15.8. The minimum Gasteiger partial charge on any atom is -0.387 e. The van der Waals surface area contributed by atoms with Gasteiger partial charge in [-0.15, -0.1) is 0 Å². The SMILES string of the molecule is CNc1c2ccccc2cc2ccccc12.NCc1c2ccccc2cc2ccccc12. The van der Waals surface area contributed by atoms with Gasteiger partial charge in [0.15, 0.2) is 0 Å². The van der Waals surface area contributed by atoms with Crippen LogP contribution in [0.25, 0.3) is 43.1 Å². The lowest BCUT2D eigenvalue weighted by molar-refractivity contribution is 1.10. The van der Waals surface area contributed by atoms with Gasteiger partial charge >= 0.3 is 0 Å². The molecule has 0 aliphatic heterocycles. The topological polar surface area (TPSA) is 38.0 Å². The van der Waals surface area contributed by atoms with Gasteiger partial charge in [0.2, 0.25) is 0 Å². The number of benzene rings is 6. The van der Waals surface area contributed by atoms with Crippen molar-refractivity contribution >= 4 is 48.8 Å². The summed E-state index contributed by atoms with van der Waals surface area (Å²) in [7, 11) is 1.98. The average molecular weight is 415 g/mol. The highest BCUT2D eigenvalue weighted by Crippen LogP contribution is 2.32. The van der Waals surface area contributed by atoms with Crippen molar-refractivity contribution in [2.24, 2.45) is 5.73 Å². The summed E-state index contributed by atoms with van der Waals surface area (Å²) in [5.74, 6) is 0. The number of hydrogen-bond acceptors (Lipinski definition) is 2. The van der Waals surface area contributed by atoms with Crippen LogP contribution in [0.4, 0.5) is 5.69 Å². The van der Waals surface area contributed by atoms with E-state index in [1.165, 1.54) is 54.3 Å². The summed E-state index contributed by atoms with van der Waals surface area (Å²) in [4.78, 5) is 0. The second kappa shape index (κ2) is 8.70. The van der Waals surface area contributed by atoms with Crippen LogP contribution in [-0.4, -0.2) is 7.05 Å². The van der Waals surface area contributed by atoms with E-state index in [2.05, 4.69) is 115 Å². The highest BCUT2D eigenvalue weighted by Gasteiger charge is 2.05. The summed E-state index contributed by atoms with van der Waals surface area (Å²) >= 11 is 0. The molecule has 0 saturated heterocycles. The van der Waals surface area contributed by atoms with Crippen molar-refractivity contribution in [2.45, 2.75) is 6.54 Å². The van der Waals surface area contributed by atoms with E-state index in [9.17, 15) is 0 Å². The molecular formula is C30H26N2. The highest BCUT2D eigenvalue weighted by molar-refractivity contribution is 6.10. The second-order valence-corrected chi connectivity index (χ2v) is 7.95. The maximum Gasteiger partial charge on any atom is 0.0496 e. The minimum atomic E-state index is 0.585. The minimum absolute atomic E-state index is 0.585. The van der Waals surface area contributed by atoms with Crippen LogP contribution < -0.4 is 11.1 Å². The maximum absolute atomic E-state index is 5.88. The van der Waals surface area contributed by atoms with E-state index in [1.807, 2.05) is 7.05 Å². The molecule has 156 valence electrons. The molecule has 6 rings (SSSR count). The number of nitrogens with two attached hydrogens (primary N) is 1. The van der Waals surface area contributed by atoms with Crippen LogP contribution >= 0.6 is 0 Å². The molecule has 0 radical (unpaired) electrons. The molecule has 0 aliphatic rings. The smallest absolute Gasteiger partial charge is 0.0496 e. The van der Waals surface area contributed by atoms with Crippen LogP contribution in [0.3, 0.4) is 0 Å². The lowest BCUT2D eigenvalue weighted by atomic mass is 9.97. The Bertz CT molecular complexity index is 1320. The fourth-order valence-electron chi connectivity index (χ4n) is 4.61. The van der Waals surface area contributed by atoms with Crippen LogP contribution in [0, 0.1) is 0 Å². The number of rotatable bonds is 2. The first-order valence-electron chi connectivity index (χ1n) is 11.0. The molecule has 0 atom stereocenters. The molecule has 0 heterocycles. The van der Waals surface area contributed by atoms with Crippen LogP contribution in [-0.2, 0) is 6.54 Å². The number of nitrogens with one attached hydrogen (secondary N) is 1. The van der Waals surface area contributed by atoms with E-state index < -0.39 is 0 Å². The molecule has 0 fully saturated rings. The first-order valence-corrected chi connectivity index (χ1v) is 11.0. The van der Waals surface area contributed by atoms with Gasteiger partial charge in [-0.1, -0.05) is 97.1 Å². The molecule has 0 saturated carbocycles. The van der Waals surface area contributed by atoms with Gasteiger partial charge in [0.1, 0.15) is 0 Å². The van der Waals surface area contributed by atoms with Crippen LogP contribution in [0.2, 0.25) is 0 Å². The molecule has 0 amide bonds. The van der Waals surface area contributed by atoms with Gasteiger partial charge in [0.05, 0.1) is 0 Å². The van der Waals surface area contributed by atoms with E-state index >= 15 is 0 Å². The van der Waals surface area contributed by atoms with E-state index in [1.54, 1.807) is 0 Å². The Hall–Kier alpha value is -3.88. The van der Waals surface area contributed by atoms with Gasteiger partial charge in [-0.3, -0.25) is 0 Å². The molecule has 2 heteroatoms. The Morgan fingerprint density at radius 1 is 0.531 bits per heavy atom. The zero-order valence-electron chi connectivity index (χ0n) is 18.2. The van der Waals surface area contributed by atoms with Gasteiger partial charge in [-0.25, -0.2) is 0 Å². The van der Waals surface area contributed by atoms with Crippen molar-refractivity contribution in [3.8, 4) is 0 Å².